The molecular formula is C25H23NOS. The molecule has 140 valence electrons. The summed E-state index contributed by atoms with van der Waals surface area (Å²) >= 11 is 1.67. The normalized spacial score (nSPS) is 14.3. The van der Waals surface area contributed by atoms with Gasteiger partial charge >= 0.3 is 0 Å². The van der Waals surface area contributed by atoms with Crippen molar-refractivity contribution in [1.29, 1.82) is 5.26 Å². The van der Waals surface area contributed by atoms with Crippen LogP contribution in [-0.2, 0) is 4.79 Å². The Bertz CT molecular complexity index is 1010. The summed E-state index contributed by atoms with van der Waals surface area (Å²) in [7, 11) is 0. The third-order valence-electron chi connectivity index (χ3n) is 5.30. The lowest BCUT2D eigenvalue weighted by Gasteiger charge is -2.28. The summed E-state index contributed by atoms with van der Waals surface area (Å²) in [5.41, 5.74) is 3.45. The molecule has 0 saturated heterocycles. The van der Waals surface area contributed by atoms with Crippen molar-refractivity contribution in [2.24, 2.45) is 5.41 Å². The van der Waals surface area contributed by atoms with Crippen LogP contribution in [-0.4, -0.2) is 6.29 Å². The van der Waals surface area contributed by atoms with Crippen molar-refractivity contribution < 1.29 is 4.79 Å². The molecule has 2 nitrogen and oxygen atoms in total. The van der Waals surface area contributed by atoms with Crippen LogP contribution >= 0.6 is 11.3 Å². The lowest BCUT2D eigenvalue weighted by Crippen LogP contribution is -2.24. The van der Waals surface area contributed by atoms with E-state index < -0.39 is 5.41 Å². The fourth-order valence-electron chi connectivity index (χ4n) is 3.16. The fourth-order valence-corrected chi connectivity index (χ4v) is 4.30. The highest BCUT2D eigenvalue weighted by atomic mass is 32.1. The Hall–Kier alpha value is -2.96. The molecule has 0 saturated carbocycles. The van der Waals surface area contributed by atoms with Gasteiger partial charge in [-0.2, -0.15) is 5.26 Å². The molecule has 3 aromatic rings. The maximum absolute atomic E-state index is 12.0. The minimum absolute atomic E-state index is 0.100. The Morgan fingerprint density at radius 3 is 2.61 bits per heavy atom. The van der Waals surface area contributed by atoms with E-state index in [0.29, 0.717) is 12.0 Å². The predicted octanol–water partition coefficient (Wildman–Crippen LogP) is 6.70. The first kappa shape index (κ1) is 19.8. The number of nitrogens with zero attached hydrogens (tertiary/aromatic N) is 1. The average molecular weight is 386 g/mol. The maximum atomic E-state index is 12.0. The van der Waals surface area contributed by atoms with E-state index in [9.17, 15) is 4.79 Å². The quantitative estimate of drug-likeness (QED) is 0.425. The summed E-state index contributed by atoms with van der Waals surface area (Å²) in [4.78, 5) is 13.2. The summed E-state index contributed by atoms with van der Waals surface area (Å²) < 4.78 is 0. The van der Waals surface area contributed by atoms with Crippen molar-refractivity contribution in [2.75, 3.05) is 0 Å². The summed E-state index contributed by atoms with van der Waals surface area (Å²) in [5, 5.41) is 11.2. The van der Waals surface area contributed by atoms with Crippen molar-refractivity contribution in [3.63, 3.8) is 0 Å². The van der Waals surface area contributed by atoms with E-state index in [0.717, 1.165) is 23.0 Å². The number of hydrogen-bond acceptors (Lipinski definition) is 3. The number of carbonyl (C=O) groups is 1. The monoisotopic (exact) mass is 385 g/mol. The number of allylic oxidation sites excluding steroid dienone is 1. The molecule has 3 heteroatoms. The third-order valence-corrected chi connectivity index (χ3v) is 6.41. The van der Waals surface area contributed by atoms with Gasteiger partial charge in [0.1, 0.15) is 6.29 Å². The molecule has 2 unspecified atom stereocenters. The summed E-state index contributed by atoms with van der Waals surface area (Å²) in [6.07, 6.45) is 5.93. The van der Waals surface area contributed by atoms with E-state index in [-0.39, 0.29) is 5.92 Å². The highest BCUT2D eigenvalue weighted by molar-refractivity contribution is 7.10. The second kappa shape index (κ2) is 8.82. The predicted molar refractivity (Wildman–Crippen MR) is 117 cm³/mol. The lowest BCUT2D eigenvalue weighted by molar-refractivity contribution is -0.116. The first-order valence-electron chi connectivity index (χ1n) is 9.32. The Kier molecular flexibility index (Phi) is 6.23. The van der Waals surface area contributed by atoms with Crippen molar-refractivity contribution >= 4 is 23.7 Å². The van der Waals surface area contributed by atoms with E-state index in [1.165, 1.54) is 4.88 Å². The molecule has 0 spiro atoms. The Morgan fingerprint density at radius 2 is 1.89 bits per heavy atom. The van der Waals surface area contributed by atoms with Crippen molar-refractivity contribution in [3.05, 3.63) is 88.1 Å². The molecule has 0 N–H and O–H groups in total. The molecule has 28 heavy (non-hydrogen) atoms. The Morgan fingerprint density at radius 1 is 1.11 bits per heavy atom. The van der Waals surface area contributed by atoms with E-state index in [4.69, 9.17) is 5.26 Å². The number of aldehydes is 1. The zero-order valence-corrected chi connectivity index (χ0v) is 16.9. The highest BCUT2D eigenvalue weighted by Crippen LogP contribution is 2.41. The average Bonchev–Trinajstić information content (AvgIpc) is 3.24. The SMILES string of the molecule is CC(c1cc(-c2cccc(C#N)c2)cs1)C(C)(C=O)C/C=C/c1ccccc1. The molecular weight excluding hydrogens is 362 g/mol. The van der Waals surface area contributed by atoms with Gasteiger partial charge in [0.2, 0.25) is 0 Å². The topological polar surface area (TPSA) is 40.9 Å². The first-order chi connectivity index (χ1) is 13.6. The van der Waals surface area contributed by atoms with Crippen LogP contribution in [0, 0.1) is 16.7 Å². The van der Waals surface area contributed by atoms with Gasteiger partial charge in [-0.05, 0) is 46.7 Å². The summed E-state index contributed by atoms with van der Waals surface area (Å²) in [5.74, 6) is 0.100. The molecule has 1 aromatic heterocycles. The Labute approximate surface area is 170 Å². The lowest BCUT2D eigenvalue weighted by atomic mass is 9.75. The van der Waals surface area contributed by atoms with Gasteiger partial charge in [-0.1, -0.05) is 68.5 Å². The van der Waals surface area contributed by atoms with Crippen LogP contribution in [0.5, 0.6) is 0 Å². The number of carbonyl (C=O) groups excluding carboxylic acids is 1. The van der Waals surface area contributed by atoms with Crippen LogP contribution < -0.4 is 0 Å². The zero-order chi connectivity index (χ0) is 20.0. The van der Waals surface area contributed by atoms with E-state index in [2.05, 4.69) is 48.7 Å². The van der Waals surface area contributed by atoms with Gasteiger partial charge in [-0.15, -0.1) is 11.3 Å². The summed E-state index contributed by atoms with van der Waals surface area (Å²) in [6, 6.07) is 22.1. The fraction of sp³-hybridized carbons (Fsp3) is 0.200. The molecule has 0 fully saturated rings. The Balaban J connectivity index is 1.78. The number of rotatable bonds is 7. The second-order valence-electron chi connectivity index (χ2n) is 7.29. The van der Waals surface area contributed by atoms with Gasteiger partial charge in [0.05, 0.1) is 11.6 Å². The molecule has 0 aliphatic rings. The first-order valence-corrected chi connectivity index (χ1v) is 10.2. The van der Waals surface area contributed by atoms with Crippen molar-refractivity contribution in [1.82, 2.24) is 0 Å². The van der Waals surface area contributed by atoms with Gasteiger partial charge in [0.15, 0.2) is 0 Å². The van der Waals surface area contributed by atoms with E-state index >= 15 is 0 Å². The van der Waals surface area contributed by atoms with Crippen LogP contribution in [0.15, 0.2) is 72.1 Å². The van der Waals surface area contributed by atoms with Crippen molar-refractivity contribution in [2.45, 2.75) is 26.2 Å². The minimum Gasteiger partial charge on any atom is -0.303 e. The molecule has 3 rings (SSSR count). The van der Waals surface area contributed by atoms with Crippen LogP contribution in [0.3, 0.4) is 0 Å². The number of benzene rings is 2. The van der Waals surface area contributed by atoms with E-state index in [1.807, 2.05) is 49.4 Å². The molecule has 2 atom stereocenters. The molecule has 0 aliphatic heterocycles. The maximum Gasteiger partial charge on any atom is 0.126 e. The van der Waals surface area contributed by atoms with Gasteiger partial charge in [0, 0.05) is 16.2 Å². The minimum atomic E-state index is -0.470. The van der Waals surface area contributed by atoms with Crippen LogP contribution in [0.25, 0.3) is 17.2 Å². The third kappa shape index (κ3) is 4.47. The molecule has 0 bridgehead atoms. The van der Waals surface area contributed by atoms with Gasteiger partial charge in [-0.25, -0.2) is 0 Å². The van der Waals surface area contributed by atoms with Gasteiger partial charge in [-0.3, -0.25) is 0 Å². The smallest absolute Gasteiger partial charge is 0.126 e. The van der Waals surface area contributed by atoms with Crippen LogP contribution in [0.4, 0.5) is 0 Å². The number of hydrogen-bond donors (Lipinski definition) is 0. The van der Waals surface area contributed by atoms with E-state index in [1.54, 1.807) is 11.3 Å². The molecule has 1 heterocycles. The second-order valence-corrected chi connectivity index (χ2v) is 8.24. The zero-order valence-electron chi connectivity index (χ0n) is 16.1. The van der Waals surface area contributed by atoms with Crippen LogP contribution in [0.1, 0.15) is 42.2 Å². The van der Waals surface area contributed by atoms with Gasteiger partial charge in [0.25, 0.3) is 0 Å². The molecule has 0 amide bonds. The largest absolute Gasteiger partial charge is 0.303 e. The standard InChI is InChI=1S/C25H23NOS/c1-19(25(2,18-27)13-7-11-20-8-4-3-5-9-20)24-15-23(17-28-24)22-12-6-10-21(14-22)16-26/h3-12,14-15,17-19H,13H2,1-2H3/b11-7+. The van der Waals surface area contributed by atoms with Crippen LogP contribution in [0.2, 0.25) is 0 Å². The molecule has 0 aliphatic carbocycles. The number of thiophene rings is 1. The number of nitriles is 1. The highest BCUT2D eigenvalue weighted by Gasteiger charge is 2.31. The van der Waals surface area contributed by atoms with Crippen molar-refractivity contribution in [3.8, 4) is 17.2 Å². The summed E-state index contributed by atoms with van der Waals surface area (Å²) in [6.45, 7) is 4.14. The molecule has 2 aromatic carbocycles. The molecule has 0 radical (unpaired) electrons. The van der Waals surface area contributed by atoms with Gasteiger partial charge < -0.3 is 4.79 Å².